The molecule has 0 bridgehead atoms. The van der Waals surface area contributed by atoms with E-state index in [1.807, 2.05) is 6.92 Å². The van der Waals surface area contributed by atoms with Gasteiger partial charge in [0.05, 0.1) is 17.5 Å². The van der Waals surface area contributed by atoms with Gasteiger partial charge in [0.25, 0.3) is 5.91 Å². The minimum atomic E-state index is -0.0175. The van der Waals surface area contributed by atoms with Crippen molar-refractivity contribution >= 4 is 22.9 Å². The predicted octanol–water partition coefficient (Wildman–Crippen LogP) is 1.24. The van der Waals surface area contributed by atoms with Gasteiger partial charge in [-0.2, -0.15) is 0 Å². The van der Waals surface area contributed by atoms with E-state index in [-0.39, 0.29) is 18.6 Å². The standard InChI is InChI=1S/C11H16N2O2S/c1-7-9(12)5-10(16-7)11(15)13-4-2-3-8(13)6-14/h5,8,14H,2-4,6,12H2,1H3/t8-/m1/s1. The molecule has 1 amide bonds. The van der Waals surface area contributed by atoms with E-state index in [4.69, 9.17) is 5.73 Å². The summed E-state index contributed by atoms with van der Waals surface area (Å²) in [7, 11) is 0. The molecule has 88 valence electrons. The van der Waals surface area contributed by atoms with Gasteiger partial charge in [-0.25, -0.2) is 0 Å². The lowest BCUT2D eigenvalue weighted by molar-refractivity contribution is 0.0682. The fraction of sp³-hybridized carbons (Fsp3) is 0.545. The molecule has 5 heteroatoms. The highest BCUT2D eigenvalue weighted by Gasteiger charge is 2.29. The lowest BCUT2D eigenvalue weighted by Gasteiger charge is -2.22. The Morgan fingerprint density at radius 2 is 2.50 bits per heavy atom. The zero-order valence-corrected chi connectivity index (χ0v) is 10.1. The third-order valence-corrected chi connectivity index (χ3v) is 4.07. The van der Waals surface area contributed by atoms with Gasteiger partial charge in [-0.05, 0) is 25.8 Å². The zero-order chi connectivity index (χ0) is 11.7. The molecule has 16 heavy (non-hydrogen) atoms. The number of aryl methyl sites for hydroxylation is 1. The molecule has 3 N–H and O–H groups in total. The number of amides is 1. The molecule has 0 aromatic carbocycles. The molecule has 0 radical (unpaired) electrons. The first-order chi connectivity index (χ1) is 7.63. The number of thiophene rings is 1. The van der Waals surface area contributed by atoms with Gasteiger partial charge >= 0.3 is 0 Å². The molecule has 2 rings (SSSR count). The van der Waals surface area contributed by atoms with Crippen LogP contribution in [0.3, 0.4) is 0 Å². The van der Waals surface area contributed by atoms with E-state index in [1.165, 1.54) is 11.3 Å². The summed E-state index contributed by atoms with van der Waals surface area (Å²) in [5.41, 5.74) is 6.41. The molecule has 0 unspecified atom stereocenters. The first-order valence-corrected chi connectivity index (χ1v) is 6.23. The number of likely N-dealkylation sites (tertiary alicyclic amines) is 1. The van der Waals surface area contributed by atoms with Crippen LogP contribution in [-0.2, 0) is 0 Å². The molecule has 2 heterocycles. The molecule has 1 saturated heterocycles. The number of aliphatic hydroxyl groups excluding tert-OH is 1. The molecule has 0 saturated carbocycles. The Morgan fingerprint density at radius 1 is 1.75 bits per heavy atom. The third kappa shape index (κ3) is 1.92. The number of nitrogens with zero attached hydrogens (tertiary/aromatic N) is 1. The predicted molar refractivity (Wildman–Crippen MR) is 64.6 cm³/mol. The fourth-order valence-electron chi connectivity index (χ4n) is 2.04. The largest absolute Gasteiger partial charge is 0.398 e. The van der Waals surface area contributed by atoms with Crippen LogP contribution in [0, 0.1) is 6.92 Å². The van der Waals surface area contributed by atoms with E-state index >= 15 is 0 Å². The van der Waals surface area contributed by atoms with E-state index in [2.05, 4.69) is 0 Å². The molecule has 1 aromatic rings. The van der Waals surface area contributed by atoms with Gasteiger partial charge in [-0.15, -0.1) is 11.3 Å². The zero-order valence-electron chi connectivity index (χ0n) is 9.27. The molecular weight excluding hydrogens is 224 g/mol. The lowest BCUT2D eigenvalue weighted by Crippen LogP contribution is -2.37. The minimum absolute atomic E-state index is 0.00125. The van der Waals surface area contributed by atoms with Crippen molar-refractivity contribution in [1.29, 1.82) is 0 Å². The number of carbonyl (C=O) groups is 1. The van der Waals surface area contributed by atoms with Crippen LogP contribution in [0.1, 0.15) is 27.4 Å². The van der Waals surface area contributed by atoms with Crippen LogP contribution in [0.25, 0.3) is 0 Å². The number of nitrogens with two attached hydrogens (primary N) is 1. The second-order valence-corrected chi connectivity index (χ2v) is 5.36. The third-order valence-electron chi connectivity index (χ3n) is 3.02. The minimum Gasteiger partial charge on any atom is -0.398 e. The molecule has 4 nitrogen and oxygen atoms in total. The molecule has 1 fully saturated rings. The van der Waals surface area contributed by atoms with Crippen LogP contribution in [0.15, 0.2) is 6.07 Å². The van der Waals surface area contributed by atoms with Crippen molar-refractivity contribution in [3.8, 4) is 0 Å². The van der Waals surface area contributed by atoms with Crippen LogP contribution in [0.5, 0.6) is 0 Å². The van der Waals surface area contributed by atoms with Crippen LogP contribution < -0.4 is 5.73 Å². The normalized spacial score (nSPS) is 20.4. The molecule has 1 aromatic heterocycles. The lowest BCUT2D eigenvalue weighted by atomic mass is 10.2. The number of hydrogen-bond acceptors (Lipinski definition) is 4. The van der Waals surface area contributed by atoms with Crippen LogP contribution in [-0.4, -0.2) is 35.1 Å². The van der Waals surface area contributed by atoms with Crippen molar-refractivity contribution in [2.45, 2.75) is 25.8 Å². The highest BCUT2D eigenvalue weighted by Crippen LogP contribution is 2.27. The summed E-state index contributed by atoms with van der Waals surface area (Å²) in [6.07, 6.45) is 1.86. The topological polar surface area (TPSA) is 66.6 Å². The summed E-state index contributed by atoms with van der Waals surface area (Å²) in [6, 6.07) is 1.71. The van der Waals surface area contributed by atoms with Gasteiger partial charge in [-0.1, -0.05) is 0 Å². The Kier molecular flexibility index (Phi) is 3.16. The Bertz CT molecular complexity index is 383. The Labute approximate surface area is 98.7 Å². The van der Waals surface area contributed by atoms with Gasteiger partial charge < -0.3 is 15.7 Å². The van der Waals surface area contributed by atoms with Crippen molar-refractivity contribution in [2.75, 3.05) is 18.9 Å². The molecule has 1 atom stereocenters. The van der Waals surface area contributed by atoms with E-state index in [0.717, 1.165) is 24.3 Å². The van der Waals surface area contributed by atoms with Crippen molar-refractivity contribution in [3.05, 3.63) is 15.8 Å². The number of anilines is 1. The SMILES string of the molecule is Cc1sc(C(=O)N2CCC[C@@H]2CO)cc1N. The molecular formula is C11H16N2O2S. The summed E-state index contributed by atoms with van der Waals surface area (Å²) >= 11 is 1.42. The van der Waals surface area contributed by atoms with Gasteiger partial charge in [0.1, 0.15) is 0 Å². The maximum absolute atomic E-state index is 12.2. The van der Waals surface area contributed by atoms with E-state index < -0.39 is 0 Å². The van der Waals surface area contributed by atoms with Crippen LogP contribution >= 0.6 is 11.3 Å². The number of rotatable bonds is 2. The van der Waals surface area contributed by atoms with Crippen molar-refractivity contribution in [3.63, 3.8) is 0 Å². The van der Waals surface area contributed by atoms with Crippen molar-refractivity contribution in [1.82, 2.24) is 4.90 Å². The van der Waals surface area contributed by atoms with Gasteiger partial charge in [0.2, 0.25) is 0 Å². The van der Waals surface area contributed by atoms with E-state index in [9.17, 15) is 9.90 Å². The van der Waals surface area contributed by atoms with E-state index in [1.54, 1.807) is 11.0 Å². The highest BCUT2D eigenvalue weighted by molar-refractivity contribution is 7.14. The van der Waals surface area contributed by atoms with E-state index in [0.29, 0.717) is 10.6 Å². The maximum atomic E-state index is 12.2. The Hall–Kier alpha value is -1.07. The smallest absolute Gasteiger partial charge is 0.264 e. The molecule has 0 aliphatic carbocycles. The maximum Gasteiger partial charge on any atom is 0.264 e. The summed E-state index contributed by atoms with van der Waals surface area (Å²) in [5, 5.41) is 9.18. The second-order valence-electron chi connectivity index (χ2n) is 4.10. The first kappa shape index (κ1) is 11.4. The molecule has 0 spiro atoms. The van der Waals surface area contributed by atoms with Gasteiger partial charge in [-0.3, -0.25) is 4.79 Å². The summed E-state index contributed by atoms with van der Waals surface area (Å²) in [5.74, 6) is 0.00125. The average molecular weight is 240 g/mol. The van der Waals surface area contributed by atoms with Gasteiger partial charge in [0.15, 0.2) is 0 Å². The molecule has 1 aliphatic rings. The number of carbonyl (C=O) groups excluding carboxylic acids is 1. The summed E-state index contributed by atoms with van der Waals surface area (Å²) < 4.78 is 0. The second kappa shape index (κ2) is 4.43. The van der Waals surface area contributed by atoms with Gasteiger partial charge in [0, 0.05) is 17.1 Å². The quantitative estimate of drug-likeness (QED) is 0.817. The summed E-state index contributed by atoms with van der Waals surface area (Å²) in [4.78, 5) is 15.6. The van der Waals surface area contributed by atoms with Crippen LogP contribution in [0.4, 0.5) is 5.69 Å². The Morgan fingerprint density at radius 3 is 3.06 bits per heavy atom. The monoisotopic (exact) mass is 240 g/mol. The Balaban J connectivity index is 2.18. The summed E-state index contributed by atoms with van der Waals surface area (Å²) in [6.45, 7) is 2.69. The molecule has 1 aliphatic heterocycles. The number of hydrogen-bond donors (Lipinski definition) is 2. The first-order valence-electron chi connectivity index (χ1n) is 5.41. The van der Waals surface area contributed by atoms with Crippen LogP contribution in [0.2, 0.25) is 0 Å². The van der Waals surface area contributed by atoms with Crippen molar-refractivity contribution in [2.24, 2.45) is 0 Å². The number of nitrogen functional groups attached to an aromatic ring is 1. The van der Waals surface area contributed by atoms with Crippen molar-refractivity contribution < 1.29 is 9.90 Å². The average Bonchev–Trinajstić information content (AvgIpc) is 2.85. The fourth-order valence-corrected chi connectivity index (χ4v) is 2.93. The highest BCUT2D eigenvalue weighted by atomic mass is 32.1. The number of aliphatic hydroxyl groups is 1.